The van der Waals surface area contributed by atoms with E-state index in [0.29, 0.717) is 5.92 Å². The summed E-state index contributed by atoms with van der Waals surface area (Å²) in [4.78, 5) is 0. The van der Waals surface area contributed by atoms with Crippen LogP contribution in [0, 0.1) is 11.8 Å². The molecule has 104 valence electrons. The van der Waals surface area contributed by atoms with Gasteiger partial charge >= 0.3 is 0 Å². The fourth-order valence-corrected chi connectivity index (χ4v) is 3.81. The second kappa shape index (κ2) is 4.68. The summed E-state index contributed by atoms with van der Waals surface area (Å²) in [5.41, 5.74) is 7.37. The van der Waals surface area contributed by atoms with Gasteiger partial charge in [0, 0.05) is 23.0 Å². The van der Waals surface area contributed by atoms with E-state index in [2.05, 4.69) is 13.8 Å². The van der Waals surface area contributed by atoms with E-state index in [0.717, 1.165) is 41.5 Å². The fourth-order valence-electron chi connectivity index (χ4n) is 3.63. The van der Waals surface area contributed by atoms with Gasteiger partial charge in [0.1, 0.15) is 11.4 Å². The third-order valence-corrected chi connectivity index (χ3v) is 5.25. The minimum absolute atomic E-state index is 0.0445. The van der Waals surface area contributed by atoms with Crippen LogP contribution in [-0.2, 0) is 0 Å². The SMILES string of the molecule is CC1CCC2(CC(N)c3cc(Cl)ccc3O2)CC1C. The molecule has 4 atom stereocenters. The number of nitrogens with two attached hydrogens (primary N) is 1. The summed E-state index contributed by atoms with van der Waals surface area (Å²) in [5.74, 6) is 2.43. The summed E-state index contributed by atoms with van der Waals surface area (Å²) in [6.07, 6.45) is 4.38. The van der Waals surface area contributed by atoms with Crippen LogP contribution >= 0.6 is 11.6 Å². The second-order valence-corrected chi connectivity index (χ2v) is 6.91. The molecule has 4 unspecified atom stereocenters. The molecule has 0 saturated heterocycles. The normalized spacial score (nSPS) is 37.8. The number of fused-ring (bicyclic) bond motifs is 1. The Morgan fingerprint density at radius 2 is 2.05 bits per heavy atom. The molecule has 0 bridgehead atoms. The van der Waals surface area contributed by atoms with Gasteiger partial charge in [-0.3, -0.25) is 0 Å². The molecule has 0 amide bonds. The predicted octanol–water partition coefficient (Wildman–Crippen LogP) is 4.32. The van der Waals surface area contributed by atoms with Crippen LogP contribution in [-0.4, -0.2) is 5.60 Å². The van der Waals surface area contributed by atoms with Crippen molar-refractivity contribution in [2.75, 3.05) is 0 Å². The number of halogens is 1. The molecule has 1 aliphatic heterocycles. The van der Waals surface area contributed by atoms with E-state index in [1.54, 1.807) is 0 Å². The predicted molar refractivity (Wildman–Crippen MR) is 78.5 cm³/mol. The summed E-state index contributed by atoms with van der Waals surface area (Å²) >= 11 is 6.05. The first-order valence-corrected chi connectivity index (χ1v) is 7.61. The van der Waals surface area contributed by atoms with E-state index >= 15 is 0 Å². The molecule has 2 N–H and O–H groups in total. The number of rotatable bonds is 0. The highest BCUT2D eigenvalue weighted by Crippen LogP contribution is 2.48. The maximum Gasteiger partial charge on any atom is 0.125 e. The number of hydrogen-bond donors (Lipinski definition) is 1. The van der Waals surface area contributed by atoms with Crippen molar-refractivity contribution in [3.63, 3.8) is 0 Å². The molecule has 1 aromatic carbocycles. The standard InChI is InChI=1S/C16H22ClNO/c1-10-5-6-16(8-11(10)2)9-14(18)13-7-12(17)3-4-15(13)19-16/h3-4,7,10-11,14H,5-6,8-9,18H2,1-2H3. The van der Waals surface area contributed by atoms with Crippen LogP contribution in [0.25, 0.3) is 0 Å². The Balaban J connectivity index is 1.90. The maximum absolute atomic E-state index is 6.37. The Hall–Kier alpha value is -0.730. The minimum atomic E-state index is -0.0494. The smallest absolute Gasteiger partial charge is 0.125 e. The fraction of sp³-hybridized carbons (Fsp3) is 0.625. The molecule has 2 nitrogen and oxygen atoms in total. The second-order valence-electron chi connectivity index (χ2n) is 6.48. The van der Waals surface area contributed by atoms with Gasteiger partial charge in [0.2, 0.25) is 0 Å². The van der Waals surface area contributed by atoms with Gasteiger partial charge < -0.3 is 10.5 Å². The Bertz CT molecular complexity index is 490. The van der Waals surface area contributed by atoms with Gasteiger partial charge in [-0.2, -0.15) is 0 Å². The molecule has 3 heteroatoms. The van der Waals surface area contributed by atoms with Gasteiger partial charge in [0.15, 0.2) is 0 Å². The lowest BCUT2D eigenvalue weighted by molar-refractivity contribution is -0.0287. The zero-order chi connectivity index (χ0) is 13.6. The molecule has 0 radical (unpaired) electrons. The van der Waals surface area contributed by atoms with E-state index in [1.807, 2.05) is 18.2 Å². The van der Waals surface area contributed by atoms with Crippen LogP contribution in [0.1, 0.15) is 51.1 Å². The van der Waals surface area contributed by atoms with E-state index in [9.17, 15) is 0 Å². The number of hydrogen-bond acceptors (Lipinski definition) is 2. The van der Waals surface area contributed by atoms with Crippen molar-refractivity contribution in [1.82, 2.24) is 0 Å². The molecule has 3 rings (SSSR count). The highest BCUT2D eigenvalue weighted by atomic mass is 35.5. The molecule has 1 saturated carbocycles. The maximum atomic E-state index is 6.37. The van der Waals surface area contributed by atoms with Crippen LogP contribution < -0.4 is 10.5 Å². The van der Waals surface area contributed by atoms with Gasteiger partial charge in [0.05, 0.1) is 0 Å². The van der Waals surface area contributed by atoms with Gasteiger partial charge in [-0.15, -0.1) is 0 Å². The molecule has 1 heterocycles. The highest BCUT2D eigenvalue weighted by molar-refractivity contribution is 6.30. The van der Waals surface area contributed by atoms with Crippen LogP contribution in [0.4, 0.5) is 0 Å². The molecular weight excluding hydrogens is 258 g/mol. The lowest BCUT2D eigenvalue weighted by Crippen LogP contribution is -2.47. The molecule has 2 aliphatic rings. The molecule has 1 aromatic rings. The lowest BCUT2D eigenvalue weighted by Gasteiger charge is -2.47. The molecular formula is C16H22ClNO. The number of ether oxygens (including phenoxy) is 1. The van der Waals surface area contributed by atoms with E-state index in [4.69, 9.17) is 22.1 Å². The first-order chi connectivity index (χ1) is 8.99. The van der Waals surface area contributed by atoms with Crippen molar-refractivity contribution in [3.8, 4) is 5.75 Å². The minimum Gasteiger partial charge on any atom is -0.487 e. The summed E-state index contributed by atoms with van der Waals surface area (Å²) in [6, 6.07) is 5.86. The molecule has 1 spiro atoms. The van der Waals surface area contributed by atoms with Gasteiger partial charge in [-0.25, -0.2) is 0 Å². The zero-order valence-corrected chi connectivity index (χ0v) is 12.4. The van der Waals surface area contributed by atoms with Crippen LogP contribution in [0.3, 0.4) is 0 Å². The van der Waals surface area contributed by atoms with Crippen molar-refractivity contribution in [1.29, 1.82) is 0 Å². The summed E-state index contributed by atoms with van der Waals surface area (Å²) < 4.78 is 6.37. The van der Waals surface area contributed by atoms with Crippen molar-refractivity contribution >= 4 is 11.6 Å². The Morgan fingerprint density at radius 3 is 2.79 bits per heavy atom. The Labute approximate surface area is 120 Å². The summed E-state index contributed by atoms with van der Waals surface area (Å²) in [5, 5.41) is 0.736. The quantitative estimate of drug-likeness (QED) is 0.768. The van der Waals surface area contributed by atoms with Crippen molar-refractivity contribution in [2.24, 2.45) is 17.6 Å². The first kappa shape index (κ1) is 13.3. The summed E-state index contributed by atoms with van der Waals surface area (Å²) in [7, 11) is 0. The molecule has 1 fully saturated rings. The summed E-state index contributed by atoms with van der Waals surface area (Å²) in [6.45, 7) is 4.67. The Morgan fingerprint density at radius 1 is 1.26 bits per heavy atom. The van der Waals surface area contributed by atoms with Crippen molar-refractivity contribution in [2.45, 2.75) is 51.2 Å². The molecule has 19 heavy (non-hydrogen) atoms. The van der Waals surface area contributed by atoms with Gasteiger partial charge in [-0.05, 0) is 49.3 Å². The lowest BCUT2D eigenvalue weighted by atomic mass is 9.69. The van der Waals surface area contributed by atoms with Gasteiger partial charge in [-0.1, -0.05) is 25.4 Å². The zero-order valence-electron chi connectivity index (χ0n) is 11.7. The average Bonchev–Trinajstić information content (AvgIpc) is 2.36. The van der Waals surface area contributed by atoms with Crippen molar-refractivity contribution in [3.05, 3.63) is 28.8 Å². The first-order valence-electron chi connectivity index (χ1n) is 7.23. The van der Waals surface area contributed by atoms with Crippen LogP contribution in [0.15, 0.2) is 18.2 Å². The third-order valence-electron chi connectivity index (χ3n) is 5.01. The molecule has 1 aliphatic carbocycles. The average molecular weight is 280 g/mol. The van der Waals surface area contributed by atoms with Crippen molar-refractivity contribution < 1.29 is 4.74 Å². The molecule has 0 aromatic heterocycles. The highest BCUT2D eigenvalue weighted by Gasteiger charge is 2.44. The van der Waals surface area contributed by atoms with Crippen LogP contribution in [0.2, 0.25) is 5.02 Å². The topological polar surface area (TPSA) is 35.2 Å². The Kier molecular flexibility index (Phi) is 3.26. The monoisotopic (exact) mass is 279 g/mol. The van der Waals surface area contributed by atoms with E-state index in [-0.39, 0.29) is 11.6 Å². The van der Waals surface area contributed by atoms with E-state index < -0.39 is 0 Å². The number of benzene rings is 1. The third kappa shape index (κ3) is 2.36. The van der Waals surface area contributed by atoms with Crippen LogP contribution in [0.5, 0.6) is 5.75 Å². The van der Waals surface area contributed by atoms with Gasteiger partial charge in [0.25, 0.3) is 0 Å². The largest absolute Gasteiger partial charge is 0.487 e. The van der Waals surface area contributed by atoms with E-state index in [1.165, 1.54) is 6.42 Å².